The molecule has 2 bridgehead atoms. The maximum absolute atomic E-state index is 4.93. The van der Waals surface area contributed by atoms with Crippen LogP contribution in [-0.4, -0.2) is 59.5 Å². The second-order valence-corrected chi connectivity index (χ2v) is 6.22. The minimum absolute atomic E-state index is 0.415. The summed E-state index contributed by atoms with van der Waals surface area (Å²) in [6, 6.07) is 0.859. The normalized spacial score (nSPS) is 35.9. The van der Waals surface area contributed by atoms with Crippen molar-refractivity contribution < 1.29 is 0 Å². The van der Waals surface area contributed by atoms with E-state index in [2.05, 4.69) is 21.3 Å². The van der Waals surface area contributed by atoms with Crippen LogP contribution in [-0.2, 0) is 6.42 Å². The van der Waals surface area contributed by atoms with Gasteiger partial charge in [0.15, 0.2) is 0 Å². The van der Waals surface area contributed by atoms with Gasteiger partial charge in [0.05, 0.1) is 6.04 Å². The molecule has 20 heavy (non-hydrogen) atoms. The molecule has 0 saturated carbocycles. The van der Waals surface area contributed by atoms with Crippen molar-refractivity contribution >= 4 is 0 Å². The van der Waals surface area contributed by atoms with E-state index in [4.69, 9.17) is 9.97 Å². The lowest BCUT2D eigenvalue weighted by Crippen LogP contribution is -2.57. The Hall–Kier alpha value is -1.04. The number of hydrogen-bond acceptors (Lipinski definition) is 5. The van der Waals surface area contributed by atoms with Crippen LogP contribution in [0.5, 0.6) is 0 Å². The monoisotopic (exact) mass is 273 g/mol. The summed E-state index contributed by atoms with van der Waals surface area (Å²) in [7, 11) is 2.03. The molecule has 3 fully saturated rings. The maximum Gasteiger partial charge on any atom is 0.146 e. The highest BCUT2D eigenvalue weighted by atomic mass is 15.4. The van der Waals surface area contributed by atoms with Crippen LogP contribution in [0.4, 0.5) is 0 Å². The molecule has 4 aliphatic rings. The Labute approximate surface area is 120 Å². The zero-order valence-corrected chi connectivity index (χ0v) is 12.2. The minimum Gasteiger partial charge on any atom is -0.313 e. The Kier molecular flexibility index (Phi) is 3.21. The number of hydrogen-bond donors (Lipinski definition) is 1. The van der Waals surface area contributed by atoms with Gasteiger partial charge in [-0.05, 0) is 26.3 Å². The smallest absolute Gasteiger partial charge is 0.146 e. The molecule has 5 nitrogen and oxygen atoms in total. The van der Waals surface area contributed by atoms with E-state index >= 15 is 0 Å². The summed E-state index contributed by atoms with van der Waals surface area (Å²) in [5.74, 6) is 1.05. The lowest BCUT2D eigenvalue weighted by atomic mass is 9.92. The summed E-state index contributed by atoms with van der Waals surface area (Å²) in [6.07, 6.45) is 5.63. The number of nitrogens with zero attached hydrogens (tertiary/aromatic N) is 4. The second-order valence-electron chi connectivity index (χ2n) is 6.22. The fraction of sp³-hybridized carbons (Fsp3) is 0.733. The molecule has 5 rings (SSSR count). The van der Waals surface area contributed by atoms with Gasteiger partial charge >= 0.3 is 0 Å². The van der Waals surface area contributed by atoms with Gasteiger partial charge in [-0.1, -0.05) is 0 Å². The molecule has 1 aromatic heterocycles. The summed E-state index contributed by atoms with van der Waals surface area (Å²) < 4.78 is 0. The van der Waals surface area contributed by atoms with E-state index < -0.39 is 0 Å². The van der Waals surface area contributed by atoms with Gasteiger partial charge in [0.25, 0.3) is 0 Å². The van der Waals surface area contributed by atoms with Crippen molar-refractivity contribution in [2.45, 2.75) is 31.3 Å². The summed E-state index contributed by atoms with van der Waals surface area (Å²) in [5.41, 5.74) is 2.59. The predicted octanol–water partition coefficient (Wildman–Crippen LogP) is 0.746. The lowest BCUT2D eigenvalue weighted by Gasteiger charge is -2.46. The average molecular weight is 273 g/mol. The third-order valence-electron chi connectivity index (χ3n) is 5.13. The SMILES string of the molecule is CNC1CCCc2nc(C3CN4CCN3CC4)ncc21. The fourth-order valence-electron chi connectivity index (χ4n) is 3.89. The largest absolute Gasteiger partial charge is 0.313 e. The average Bonchev–Trinajstić information content (AvgIpc) is 2.54. The molecule has 2 unspecified atom stereocenters. The molecule has 1 aliphatic carbocycles. The molecule has 0 amide bonds. The number of aromatic nitrogens is 2. The van der Waals surface area contributed by atoms with Gasteiger partial charge in [0, 0.05) is 56.2 Å². The molecular formula is C15H23N5. The highest BCUT2D eigenvalue weighted by molar-refractivity contribution is 5.25. The van der Waals surface area contributed by atoms with Crippen molar-refractivity contribution in [3.63, 3.8) is 0 Å². The fourth-order valence-corrected chi connectivity index (χ4v) is 3.89. The number of rotatable bonds is 2. The van der Waals surface area contributed by atoms with E-state index in [9.17, 15) is 0 Å². The lowest BCUT2D eigenvalue weighted by molar-refractivity contribution is 0.00850. The number of fused-ring (bicyclic) bond motifs is 4. The highest BCUT2D eigenvalue weighted by Gasteiger charge is 2.35. The minimum atomic E-state index is 0.415. The number of nitrogens with one attached hydrogen (secondary N) is 1. The zero-order valence-electron chi connectivity index (χ0n) is 12.2. The topological polar surface area (TPSA) is 44.3 Å². The molecule has 108 valence electrons. The van der Waals surface area contributed by atoms with E-state index in [1.54, 1.807) is 0 Å². The van der Waals surface area contributed by atoms with Gasteiger partial charge in [-0.3, -0.25) is 9.80 Å². The van der Waals surface area contributed by atoms with Crippen LogP contribution in [0, 0.1) is 0 Å². The van der Waals surface area contributed by atoms with Crippen LogP contribution in [0.3, 0.4) is 0 Å². The summed E-state index contributed by atoms with van der Waals surface area (Å²) >= 11 is 0. The van der Waals surface area contributed by atoms with Gasteiger partial charge < -0.3 is 5.32 Å². The van der Waals surface area contributed by atoms with Crippen LogP contribution in [0.25, 0.3) is 0 Å². The van der Waals surface area contributed by atoms with Crippen LogP contribution < -0.4 is 5.32 Å². The molecule has 0 radical (unpaired) electrons. The van der Waals surface area contributed by atoms with Gasteiger partial charge in [-0.15, -0.1) is 0 Å². The van der Waals surface area contributed by atoms with Gasteiger partial charge in [0.1, 0.15) is 5.82 Å². The predicted molar refractivity (Wildman–Crippen MR) is 77.5 cm³/mol. The molecule has 3 saturated heterocycles. The second kappa shape index (κ2) is 5.06. The van der Waals surface area contributed by atoms with Crippen LogP contribution in [0.1, 0.15) is 42.0 Å². The third-order valence-corrected chi connectivity index (χ3v) is 5.13. The Balaban J connectivity index is 1.63. The van der Waals surface area contributed by atoms with Gasteiger partial charge in [-0.2, -0.15) is 0 Å². The Bertz CT molecular complexity index is 495. The Morgan fingerprint density at radius 2 is 2.10 bits per heavy atom. The van der Waals surface area contributed by atoms with Gasteiger partial charge in [0.2, 0.25) is 0 Å². The molecule has 0 aromatic carbocycles. The van der Waals surface area contributed by atoms with Crippen molar-refractivity contribution in [3.05, 3.63) is 23.3 Å². The van der Waals surface area contributed by atoms with Crippen molar-refractivity contribution in [3.8, 4) is 0 Å². The van der Waals surface area contributed by atoms with Crippen LogP contribution >= 0.6 is 0 Å². The molecule has 5 heteroatoms. The Morgan fingerprint density at radius 1 is 1.25 bits per heavy atom. The maximum atomic E-state index is 4.93. The first kappa shape index (κ1) is 12.7. The molecule has 1 aromatic rings. The first-order valence-electron chi connectivity index (χ1n) is 7.84. The Morgan fingerprint density at radius 3 is 2.80 bits per heavy atom. The molecule has 2 atom stereocenters. The van der Waals surface area contributed by atoms with E-state index in [0.717, 1.165) is 18.8 Å². The van der Waals surface area contributed by atoms with Crippen LogP contribution in [0.2, 0.25) is 0 Å². The number of piperazine rings is 3. The summed E-state index contributed by atoms with van der Waals surface area (Å²) in [4.78, 5) is 14.7. The standard InChI is InChI=1S/C15H23N5/c1-16-12-3-2-4-13-11(12)9-17-15(18-13)14-10-19-5-7-20(14)8-6-19/h9,12,14,16H,2-8,10H2,1H3. The van der Waals surface area contributed by atoms with Gasteiger partial charge in [-0.25, -0.2) is 9.97 Å². The van der Waals surface area contributed by atoms with Crippen molar-refractivity contribution in [2.75, 3.05) is 39.8 Å². The quantitative estimate of drug-likeness (QED) is 0.861. The van der Waals surface area contributed by atoms with Crippen LogP contribution in [0.15, 0.2) is 6.20 Å². The highest BCUT2D eigenvalue weighted by Crippen LogP contribution is 2.31. The molecule has 1 N–H and O–H groups in total. The molecule has 4 heterocycles. The van der Waals surface area contributed by atoms with E-state index in [1.165, 1.54) is 50.3 Å². The van der Waals surface area contributed by atoms with E-state index in [1.807, 2.05) is 7.05 Å². The number of aryl methyl sites for hydroxylation is 1. The molecule has 0 spiro atoms. The van der Waals surface area contributed by atoms with E-state index in [-0.39, 0.29) is 0 Å². The summed E-state index contributed by atoms with van der Waals surface area (Å²) in [5, 5.41) is 3.39. The first-order chi connectivity index (χ1) is 9.85. The zero-order chi connectivity index (χ0) is 13.5. The van der Waals surface area contributed by atoms with E-state index in [0.29, 0.717) is 12.1 Å². The molecular weight excluding hydrogens is 250 g/mol. The van der Waals surface area contributed by atoms with Crippen molar-refractivity contribution in [1.82, 2.24) is 25.1 Å². The summed E-state index contributed by atoms with van der Waals surface area (Å²) in [6.45, 7) is 5.87. The molecule has 3 aliphatic heterocycles. The third kappa shape index (κ3) is 2.05. The first-order valence-corrected chi connectivity index (χ1v) is 7.84. The van der Waals surface area contributed by atoms with Crippen molar-refractivity contribution in [1.29, 1.82) is 0 Å². The van der Waals surface area contributed by atoms with Crippen molar-refractivity contribution in [2.24, 2.45) is 0 Å².